The minimum Gasteiger partial charge on any atom is -0.664 e. The fourth-order valence-corrected chi connectivity index (χ4v) is 9.88. The number of hydrogen-bond donors (Lipinski definition) is 0. The van der Waals surface area contributed by atoms with E-state index in [-0.39, 0.29) is 59.7 Å². The second-order valence-corrected chi connectivity index (χ2v) is 19.2. The summed E-state index contributed by atoms with van der Waals surface area (Å²) in [5.41, 5.74) is 10.7. The van der Waals surface area contributed by atoms with Gasteiger partial charge in [-0.05, 0) is 82.3 Å². The summed E-state index contributed by atoms with van der Waals surface area (Å²) in [6, 6.07) is 0. The largest absolute Gasteiger partial charge is 2.00 e. The Bertz CT molecular complexity index is 2450. The number of carbonyl (C=O) groups excluding carboxylic acids is 3. The monoisotopic (exact) mass is 892 g/mol. The molecule has 0 saturated carbocycles. The molecule has 3 aromatic heterocycles. The van der Waals surface area contributed by atoms with Crippen molar-refractivity contribution in [2.45, 2.75) is 140 Å². The topological polar surface area (TPSA) is 126 Å². The number of nitrogens with zero attached hydrogens (tertiary/aromatic N) is 4. The van der Waals surface area contributed by atoms with Crippen molar-refractivity contribution in [3.05, 3.63) is 108 Å². The Morgan fingerprint density at radius 1 is 0.892 bits per heavy atom. The van der Waals surface area contributed by atoms with Gasteiger partial charge in [0, 0.05) is 12.0 Å². The van der Waals surface area contributed by atoms with Crippen molar-refractivity contribution in [3.63, 3.8) is 0 Å². The van der Waals surface area contributed by atoms with Crippen LogP contribution in [0.15, 0.2) is 29.6 Å². The van der Waals surface area contributed by atoms with Crippen LogP contribution in [0.5, 0.6) is 0 Å². The van der Waals surface area contributed by atoms with E-state index >= 15 is 0 Å². The minimum atomic E-state index is -1.22. The number of hydrogen-bond acceptors (Lipinski definition) is 5. The summed E-state index contributed by atoms with van der Waals surface area (Å²) in [4.78, 5) is 56.6. The Hall–Kier alpha value is -4.28. The van der Waals surface area contributed by atoms with Gasteiger partial charge in [0.2, 0.25) is 0 Å². The number of ether oxygens (including phenoxy) is 2. The van der Waals surface area contributed by atoms with Gasteiger partial charge < -0.3 is 36.2 Å². The molecular formula is C55H71MgN4O5-3. The molecule has 65 heavy (non-hydrogen) atoms. The van der Waals surface area contributed by atoms with Crippen molar-refractivity contribution in [1.82, 2.24) is 15.0 Å². The predicted molar refractivity (Wildman–Crippen MR) is 264 cm³/mol. The van der Waals surface area contributed by atoms with Crippen molar-refractivity contribution >= 4 is 70.7 Å². The second kappa shape index (κ2) is 22.9. The Kier molecular flexibility index (Phi) is 18.3. The van der Waals surface area contributed by atoms with Gasteiger partial charge in [0.1, 0.15) is 12.5 Å². The summed E-state index contributed by atoms with van der Waals surface area (Å²) in [7, 11) is 1.29. The molecule has 346 valence electrons. The maximum absolute atomic E-state index is 14.4. The van der Waals surface area contributed by atoms with Crippen LogP contribution in [0.4, 0.5) is 0 Å². The molecule has 0 N–H and O–H groups in total. The second-order valence-electron chi connectivity index (χ2n) is 19.2. The van der Waals surface area contributed by atoms with E-state index in [1.54, 1.807) is 0 Å². The Morgan fingerprint density at radius 3 is 2.31 bits per heavy atom. The zero-order chi connectivity index (χ0) is 46.4. The SMILES string of the molecule is C=Cc1c2[n-]c(c1C)/C=C1\[N-]/C(=C3\c4[n-]c(c(C)c4C(=O)[C@@H]3C(=O)OC)/C=c3\[n-]/c(c(C)c3CC)=C\2)[C@@H](CCC(=O)OC/C=C(\C)CCC[C@H](C)[CH-]CC[C@H](C)CCCC(C)C)[C@@H]1C.[Mg+2]. The molecule has 9 nitrogen and oxygen atoms in total. The molecule has 3 aliphatic rings. The summed E-state index contributed by atoms with van der Waals surface area (Å²) < 4.78 is 11.0. The Morgan fingerprint density at radius 2 is 1.62 bits per heavy atom. The number of ketones is 1. The predicted octanol–water partition coefficient (Wildman–Crippen LogP) is 10.2. The number of rotatable bonds is 20. The van der Waals surface area contributed by atoms with E-state index < -0.39 is 11.9 Å². The van der Waals surface area contributed by atoms with Crippen molar-refractivity contribution in [2.24, 2.45) is 35.5 Å². The maximum Gasteiger partial charge on any atom is 2.00 e. The minimum absolute atomic E-state index is 0. The number of methoxy groups -OCH3 is 1. The van der Waals surface area contributed by atoms with Gasteiger partial charge in [0.05, 0.1) is 7.11 Å². The van der Waals surface area contributed by atoms with E-state index in [0.717, 1.165) is 87.6 Å². The molecule has 8 bridgehead atoms. The van der Waals surface area contributed by atoms with Crippen LogP contribution < -0.4 is 25.7 Å². The van der Waals surface area contributed by atoms with Gasteiger partial charge >= 0.3 is 35.0 Å². The number of fused-ring (bicyclic) bond motifs is 7. The third kappa shape index (κ3) is 11.6. The van der Waals surface area contributed by atoms with Crippen LogP contribution in [0.1, 0.15) is 174 Å². The van der Waals surface area contributed by atoms with E-state index in [1.165, 1.54) is 44.8 Å². The number of Topliss-reactive ketones (excluding diaryl/α,β-unsaturated/α-hetero) is 1. The fourth-order valence-electron chi connectivity index (χ4n) is 9.88. The Balaban J connectivity index is 0.00000793. The summed E-state index contributed by atoms with van der Waals surface area (Å²) in [5.74, 6) is -0.891. The zero-order valence-electron chi connectivity index (χ0n) is 41.2. The number of allylic oxidation sites excluding steroid dienone is 3. The summed E-state index contributed by atoms with van der Waals surface area (Å²) in [5, 5.41) is 6.83. The van der Waals surface area contributed by atoms with Crippen molar-refractivity contribution in [3.8, 4) is 0 Å². The standard InChI is InChI=1S/C55H72N4O5.Mg/c1-13-39-35(8)42-28-44-37(10)41(24-25-48(60)64-27-26-34(7)23-17-22-33(6)21-16-20-32(5)19-15-18-31(3)4)52(58-44)50-51(55(62)63-12)54(61)49-38(11)45(59-53(49)50)30-47-40(14-2)36(9)43(57-47)29-46(39)56-42;/h13,21,26,28-33,37,41,51H,1,14-20,22-25,27H2,2-12H3,(H-,58,59,61);/q-4;+2/p-1/b34-26+,43-29-,44-28-,47-30-;/t32-,33-,37+,41+,51-;/m1./s1. The van der Waals surface area contributed by atoms with E-state index in [1.807, 2.05) is 44.2 Å². The maximum atomic E-state index is 14.4. The summed E-state index contributed by atoms with van der Waals surface area (Å²) in [6.07, 6.45) is 23.2. The molecule has 3 aromatic rings. The van der Waals surface area contributed by atoms with E-state index in [2.05, 4.69) is 68.4 Å². The van der Waals surface area contributed by atoms with Gasteiger partial charge in [-0.1, -0.05) is 144 Å². The summed E-state index contributed by atoms with van der Waals surface area (Å²) in [6.45, 7) is 25.9. The molecule has 0 radical (unpaired) electrons. The molecule has 1 fully saturated rings. The van der Waals surface area contributed by atoms with E-state index in [4.69, 9.17) is 29.7 Å². The molecular weight excluding hydrogens is 821 g/mol. The van der Waals surface area contributed by atoms with Crippen LogP contribution in [0.25, 0.3) is 35.2 Å². The zero-order valence-corrected chi connectivity index (χ0v) is 42.6. The molecule has 10 heteroatoms. The van der Waals surface area contributed by atoms with Crippen molar-refractivity contribution in [2.75, 3.05) is 13.7 Å². The smallest absolute Gasteiger partial charge is 0.664 e. The molecule has 0 spiro atoms. The fraction of sp³-hybridized carbons (Fsp3) is 0.527. The summed E-state index contributed by atoms with van der Waals surface area (Å²) >= 11 is 0. The number of aromatic nitrogens is 3. The van der Waals surface area contributed by atoms with Crippen molar-refractivity contribution in [1.29, 1.82) is 0 Å². The molecule has 5 heterocycles. The van der Waals surface area contributed by atoms with Gasteiger partial charge in [0.15, 0.2) is 5.78 Å². The molecule has 0 amide bonds. The van der Waals surface area contributed by atoms with Crippen LogP contribution >= 0.6 is 0 Å². The quantitative estimate of drug-likeness (QED) is 0.0361. The van der Waals surface area contributed by atoms with E-state index in [9.17, 15) is 14.4 Å². The van der Waals surface area contributed by atoms with E-state index in [0.29, 0.717) is 46.1 Å². The van der Waals surface area contributed by atoms with Gasteiger partial charge in [-0.15, -0.1) is 33.5 Å². The molecule has 1 aliphatic carbocycles. The third-order valence-electron chi connectivity index (χ3n) is 14.0. The number of carbonyl (C=O) groups is 3. The average molecular weight is 893 g/mol. The first-order valence-electron chi connectivity index (χ1n) is 23.8. The normalized spacial score (nSPS) is 21.7. The average Bonchev–Trinajstić information content (AvgIpc) is 3.99. The first kappa shape index (κ1) is 51.7. The molecule has 5 atom stereocenters. The van der Waals surface area contributed by atoms with Gasteiger partial charge in [-0.25, -0.2) is 0 Å². The molecule has 1 saturated heterocycles. The third-order valence-corrected chi connectivity index (χ3v) is 14.0. The van der Waals surface area contributed by atoms with Crippen LogP contribution in [-0.2, 0) is 25.5 Å². The van der Waals surface area contributed by atoms with Gasteiger partial charge in [0.25, 0.3) is 0 Å². The molecule has 0 unspecified atom stereocenters. The van der Waals surface area contributed by atoms with Crippen LogP contribution in [0.2, 0.25) is 0 Å². The van der Waals surface area contributed by atoms with Crippen LogP contribution in [0, 0.1) is 62.7 Å². The first-order valence-corrected chi connectivity index (χ1v) is 23.8. The van der Waals surface area contributed by atoms with Crippen LogP contribution in [-0.4, -0.2) is 54.5 Å². The Labute approximate surface area is 404 Å². The number of esters is 2. The van der Waals surface area contributed by atoms with Crippen molar-refractivity contribution < 1.29 is 23.9 Å². The first-order chi connectivity index (χ1) is 30.6. The van der Waals surface area contributed by atoms with Crippen LogP contribution in [0.3, 0.4) is 0 Å². The van der Waals surface area contributed by atoms with Gasteiger partial charge in [-0.2, -0.15) is 23.7 Å². The molecule has 2 aliphatic heterocycles. The molecule has 0 aromatic carbocycles. The van der Waals surface area contributed by atoms with Gasteiger partial charge in [-0.3, -0.25) is 14.4 Å². The molecule has 6 rings (SSSR count).